The van der Waals surface area contributed by atoms with Crippen molar-refractivity contribution >= 4 is 5.78 Å². The first-order valence-corrected chi connectivity index (χ1v) is 4.88. The van der Waals surface area contributed by atoms with Crippen molar-refractivity contribution in [3.63, 3.8) is 0 Å². The number of hydrogen-bond acceptors (Lipinski definition) is 3. The summed E-state index contributed by atoms with van der Waals surface area (Å²) in [5, 5.41) is 0. The van der Waals surface area contributed by atoms with Gasteiger partial charge in [0.15, 0.2) is 5.82 Å². The van der Waals surface area contributed by atoms with Gasteiger partial charge in [0.2, 0.25) is 5.78 Å². The molecular formula is C10H14N2O2. The van der Waals surface area contributed by atoms with E-state index in [0.29, 0.717) is 12.4 Å². The van der Waals surface area contributed by atoms with Crippen molar-refractivity contribution in [2.75, 3.05) is 13.2 Å². The van der Waals surface area contributed by atoms with Crippen molar-refractivity contribution in [2.45, 2.75) is 12.8 Å². The molecule has 4 heteroatoms. The van der Waals surface area contributed by atoms with Gasteiger partial charge >= 0.3 is 0 Å². The Balaban J connectivity index is 2.11. The van der Waals surface area contributed by atoms with E-state index in [1.165, 1.54) is 0 Å². The lowest BCUT2D eigenvalue weighted by Crippen LogP contribution is -2.27. The van der Waals surface area contributed by atoms with Crippen LogP contribution in [0.4, 0.5) is 0 Å². The maximum atomic E-state index is 11.9. The summed E-state index contributed by atoms with van der Waals surface area (Å²) < 4.78 is 7.04. The number of carbonyl (C=O) groups is 1. The summed E-state index contributed by atoms with van der Waals surface area (Å²) in [6.07, 6.45) is 5.33. The number of ketones is 1. The lowest BCUT2D eigenvalue weighted by Gasteiger charge is -2.20. The molecule has 1 unspecified atom stereocenters. The highest BCUT2D eigenvalue weighted by atomic mass is 16.5. The largest absolute Gasteiger partial charge is 0.381 e. The smallest absolute Gasteiger partial charge is 0.203 e. The molecule has 1 fully saturated rings. The van der Waals surface area contributed by atoms with Crippen LogP contribution in [-0.2, 0) is 11.8 Å². The summed E-state index contributed by atoms with van der Waals surface area (Å²) in [6, 6.07) is 0. The fourth-order valence-corrected chi connectivity index (χ4v) is 1.73. The van der Waals surface area contributed by atoms with Crippen LogP contribution < -0.4 is 0 Å². The lowest BCUT2D eigenvalue weighted by molar-refractivity contribution is 0.0452. The van der Waals surface area contributed by atoms with Gasteiger partial charge in [0.05, 0.1) is 6.61 Å². The fraction of sp³-hybridized carbons (Fsp3) is 0.600. The van der Waals surface area contributed by atoms with Gasteiger partial charge in [-0.15, -0.1) is 0 Å². The summed E-state index contributed by atoms with van der Waals surface area (Å²) in [5.41, 5.74) is 0. The van der Waals surface area contributed by atoms with Crippen LogP contribution >= 0.6 is 0 Å². The molecular weight excluding hydrogens is 180 g/mol. The second-order valence-electron chi connectivity index (χ2n) is 3.64. The second kappa shape index (κ2) is 3.92. The first-order valence-electron chi connectivity index (χ1n) is 4.88. The van der Waals surface area contributed by atoms with Crippen LogP contribution in [-0.4, -0.2) is 28.5 Å². The predicted molar refractivity (Wildman–Crippen MR) is 51.1 cm³/mol. The number of aromatic nitrogens is 2. The van der Waals surface area contributed by atoms with Gasteiger partial charge in [-0.1, -0.05) is 0 Å². The highest BCUT2D eigenvalue weighted by Gasteiger charge is 2.25. The molecule has 0 amide bonds. The van der Waals surface area contributed by atoms with Crippen molar-refractivity contribution < 1.29 is 9.53 Å². The van der Waals surface area contributed by atoms with Crippen LogP contribution in [0.5, 0.6) is 0 Å². The number of Topliss-reactive ketones (excluding diaryl/α,β-unsaturated/α-hetero) is 1. The van der Waals surface area contributed by atoms with E-state index in [1.54, 1.807) is 17.0 Å². The predicted octanol–water partition coefficient (Wildman–Crippen LogP) is 1.03. The van der Waals surface area contributed by atoms with E-state index in [9.17, 15) is 4.79 Å². The highest BCUT2D eigenvalue weighted by Crippen LogP contribution is 2.17. The molecule has 0 aromatic carbocycles. The number of aryl methyl sites for hydroxylation is 1. The molecule has 14 heavy (non-hydrogen) atoms. The molecule has 1 saturated heterocycles. The Morgan fingerprint density at radius 2 is 2.57 bits per heavy atom. The number of ether oxygens (including phenoxy) is 1. The van der Waals surface area contributed by atoms with Crippen molar-refractivity contribution in [2.24, 2.45) is 13.0 Å². The fourth-order valence-electron chi connectivity index (χ4n) is 1.73. The molecule has 1 aromatic heterocycles. The zero-order valence-corrected chi connectivity index (χ0v) is 8.27. The molecule has 4 nitrogen and oxygen atoms in total. The van der Waals surface area contributed by atoms with Gasteiger partial charge in [-0.2, -0.15) is 0 Å². The molecule has 2 heterocycles. The van der Waals surface area contributed by atoms with E-state index >= 15 is 0 Å². The number of imidazole rings is 1. The molecule has 1 aromatic rings. The average molecular weight is 194 g/mol. The second-order valence-corrected chi connectivity index (χ2v) is 3.64. The minimum atomic E-state index is 0.00449. The third-order valence-electron chi connectivity index (χ3n) is 2.57. The number of nitrogens with zero attached hydrogens (tertiary/aromatic N) is 2. The minimum Gasteiger partial charge on any atom is -0.381 e. The molecule has 0 bridgehead atoms. The Kier molecular flexibility index (Phi) is 2.63. The van der Waals surface area contributed by atoms with Gasteiger partial charge in [-0.25, -0.2) is 4.98 Å². The zero-order valence-electron chi connectivity index (χ0n) is 8.27. The molecule has 1 aliphatic rings. The van der Waals surface area contributed by atoms with E-state index < -0.39 is 0 Å². The standard InChI is InChI=1S/C10H14N2O2/c1-12-5-4-11-10(12)9(13)8-3-2-6-14-7-8/h4-5,8H,2-3,6-7H2,1H3. The van der Waals surface area contributed by atoms with Gasteiger partial charge < -0.3 is 9.30 Å². The summed E-state index contributed by atoms with van der Waals surface area (Å²) in [4.78, 5) is 16.0. The monoisotopic (exact) mass is 194 g/mol. The Labute approximate surface area is 82.9 Å². The lowest BCUT2D eigenvalue weighted by atomic mass is 9.97. The third kappa shape index (κ3) is 1.70. The van der Waals surface area contributed by atoms with E-state index in [0.717, 1.165) is 19.4 Å². The van der Waals surface area contributed by atoms with Crippen molar-refractivity contribution in [3.8, 4) is 0 Å². The van der Waals surface area contributed by atoms with Crippen LogP contribution in [0.25, 0.3) is 0 Å². The molecule has 0 saturated carbocycles. The van der Waals surface area contributed by atoms with Gasteiger partial charge in [-0.3, -0.25) is 4.79 Å². The summed E-state index contributed by atoms with van der Waals surface area (Å²) >= 11 is 0. The molecule has 0 radical (unpaired) electrons. The van der Waals surface area contributed by atoms with Crippen molar-refractivity contribution in [3.05, 3.63) is 18.2 Å². The summed E-state index contributed by atoms with van der Waals surface area (Å²) in [5.74, 6) is 0.655. The molecule has 1 atom stereocenters. The van der Waals surface area contributed by atoms with Crippen LogP contribution in [0.15, 0.2) is 12.4 Å². The van der Waals surface area contributed by atoms with E-state index in [-0.39, 0.29) is 11.7 Å². The van der Waals surface area contributed by atoms with Crippen molar-refractivity contribution in [1.29, 1.82) is 0 Å². The third-order valence-corrected chi connectivity index (χ3v) is 2.57. The number of rotatable bonds is 2. The average Bonchev–Trinajstić information content (AvgIpc) is 2.65. The Morgan fingerprint density at radius 3 is 3.14 bits per heavy atom. The molecule has 0 N–H and O–H groups in total. The summed E-state index contributed by atoms with van der Waals surface area (Å²) in [7, 11) is 1.84. The molecule has 0 aliphatic carbocycles. The Hall–Kier alpha value is -1.16. The maximum Gasteiger partial charge on any atom is 0.203 e. The zero-order chi connectivity index (χ0) is 9.97. The molecule has 0 spiro atoms. The van der Waals surface area contributed by atoms with Gasteiger partial charge in [0, 0.05) is 32.0 Å². The highest BCUT2D eigenvalue weighted by molar-refractivity contribution is 5.94. The van der Waals surface area contributed by atoms with E-state index in [2.05, 4.69) is 4.98 Å². The quantitative estimate of drug-likeness (QED) is 0.660. The normalized spacial score (nSPS) is 22.2. The topological polar surface area (TPSA) is 44.1 Å². The van der Waals surface area contributed by atoms with E-state index in [1.807, 2.05) is 7.05 Å². The van der Waals surface area contributed by atoms with Gasteiger partial charge in [0.1, 0.15) is 0 Å². The van der Waals surface area contributed by atoms with Gasteiger partial charge in [0.25, 0.3) is 0 Å². The van der Waals surface area contributed by atoms with Crippen LogP contribution in [0.2, 0.25) is 0 Å². The van der Waals surface area contributed by atoms with Crippen molar-refractivity contribution in [1.82, 2.24) is 9.55 Å². The van der Waals surface area contributed by atoms with Crippen LogP contribution in [0, 0.1) is 5.92 Å². The number of hydrogen-bond donors (Lipinski definition) is 0. The maximum absolute atomic E-state index is 11.9. The molecule has 1 aliphatic heterocycles. The van der Waals surface area contributed by atoms with Gasteiger partial charge in [-0.05, 0) is 12.8 Å². The summed E-state index contributed by atoms with van der Waals surface area (Å²) in [6.45, 7) is 1.33. The van der Waals surface area contributed by atoms with Crippen LogP contribution in [0.1, 0.15) is 23.5 Å². The Bertz CT molecular complexity index is 327. The van der Waals surface area contributed by atoms with Crippen LogP contribution in [0.3, 0.4) is 0 Å². The first kappa shape index (κ1) is 9.40. The first-order chi connectivity index (χ1) is 6.79. The minimum absolute atomic E-state index is 0.00449. The Morgan fingerprint density at radius 1 is 1.71 bits per heavy atom. The van der Waals surface area contributed by atoms with E-state index in [4.69, 9.17) is 4.74 Å². The molecule has 76 valence electrons. The molecule has 2 rings (SSSR count). The number of carbonyl (C=O) groups excluding carboxylic acids is 1. The SMILES string of the molecule is Cn1ccnc1C(=O)C1CCCOC1.